The Morgan fingerprint density at radius 1 is 1.19 bits per heavy atom. The van der Waals surface area contributed by atoms with E-state index in [0.717, 1.165) is 38.1 Å². The first kappa shape index (κ1) is 16.8. The second-order valence-electron chi connectivity index (χ2n) is 6.97. The Bertz CT molecular complexity index is 356. The van der Waals surface area contributed by atoms with Crippen LogP contribution in [0.2, 0.25) is 0 Å². The van der Waals surface area contributed by atoms with Crippen molar-refractivity contribution < 1.29 is 14.3 Å². The zero-order valence-corrected chi connectivity index (χ0v) is 14.0. The van der Waals surface area contributed by atoms with Gasteiger partial charge in [-0.3, -0.25) is 5.32 Å². The number of esters is 1. The fourth-order valence-electron chi connectivity index (χ4n) is 3.58. The lowest BCUT2D eigenvalue weighted by atomic mass is 9.80. The van der Waals surface area contributed by atoms with Crippen molar-refractivity contribution >= 4 is 5.97 Å². The summed E-state index contributed by atoms with van der Waals surface area (Å²) >= 11 is 0. The van der Waals surface area contributed by atoms with Crippen LogP contribution >= 0.6 is 0 Å². The summed E-state index contributed by atoms with van der Waals surface area (Å²) in [4.78, 5) is 12.3. The van der Waals surface area contributed by atoms with Crippen molar-refractivity contribution in [2.75, 3.05) is 20.3 Å². The van der Waals surface area contributed by atoms with Gasteiger partial charge in [-0.15, -0.1) is 0 Å². The largest absolute Gasteiger partial charge is 0.468 e. The van der Waals surface area contributed by atoms with E-state index in [0.29, 0.717) is 18.4 Å². The Balaban J connectivity index is 1.97. The summed E-state index contributed by atoms with van der Waals surface area (Å²) in [7, 11) is 1.47. The molecule has 0 saturated heterocycles. The van der Waals surface area contributed by atoms with Crippen molar-refractivity contribution in [3.05, 3.63) is 0 Å². The van der Waals surface area contributed by atoms with Gasteiger partial charge >= 0.3 is 5.97 Å². The topological polar surface area (TPSA) is 47.6 Å². The van der Waals surface area contributed by atoms with E-state index in [4.69, 9.17) is 9.47 Å². The lowest BCUT2D eigenvalue weighted by Gasteiger charge is -2.36. The summed E-state index contributed by atoms with van der Waals surface area (Å²) in [6, 6.07) is 0. The van der Waals surface area contributed by atoms with E-state index in [1.807, 2.05) is 6.92 Å². The lowest BCUT2D eigenvalue weighted by molar-refractivity contribution is -0.155. The molecule has 0 amide bonds. The van der Waals surface area contributed by atoms with Crippen LogP contribution in [0, 0.1) is 17.8 Å². The summed E-state index contributed by atoms with van der Waals surface area (Å²) < 4.78 is 11.2. The maximum atomic E-state index is 12.3. The molecule has 0 bridgehead atoms. The quantitative estimate of drug-likeness (QED) is 0.734. The molecule has 122 valence electrons. The highest BCUT2D eigenvalue weighted by molar-refractivity contribution is 5.82. The SMILES string of the molecule is CCNC(COC1CCC(C)C(C)C1)(C(=O)OC)C1CC1. The molecule has 2 aliphatic carbocycles. The molecule has 0 aromatic heterocycles. The van der Waals surface area contributed by atoms with Crippen LogP contribution in [0.15, 0.2) is 0 Å². The van der Waals surface area contributed by atoms with E-state index >= 15 is 0 Å². The molecule has 2 aliphatic rings. The number of hydrogen-bond acceptors (Lipinski definition) is 4. The minimum Gasteiger partial charge on any atom is -0.468 e. The van der Waals surface area contributed by atoms with Crippen molar-refractivity contribution in [1.29, 1.82) is 0 Å². The third kappa shape index (κ3) is 3.78. The lowest BCUT2D eigenvalue weighted by Crippen LogP contribution is -2.58. The smallest absolute Gasteiger partial charge is 0.328 e. The molecule has 0 heterocycles. The average Bonchev–Trinajstić information content (AvgIpc) is 3.31. The number of carbonyl (C=O) groups is 1. The van der Waals surface area contributed by atoms with Crippen LogP contribution in [-0.2, 0) is 14.3 Å². The molecule has 4 unspecified atom stereocenters. The molecular formula is C17H31NO3. The summed E-state index contributed by atoms with van der Waals surface area (Å²) in [5.41, 5.74) is -0.629. The van der Waals surface area contributed by atoms with Gasteiger partial charge in [-0.25, -0.2) is 4.79 Å². The first-order valence-electron chi connectivity index (χ1n) is 8.48. The van der Waals surface area contributed by atoms with E-state index in [1.165, 1.54) is 13.5 Å². The van der Waals surface area contributed by atoms with Crippen molar-refractivity contribution in [2.24, 2.45) is 17.8 Å². The molecule has 21 heavy (non-hydrogen) atoms. The highest BCUT2D eigenvalue weighted by Crippen LogP contribution is 2.41. The monoisotopic (exact) mass is 297 g/mol. The zero-order valence-electron chi connectivity index (χ0n) is 14.0. The third-order valence-corrected chi connectivity index (χ3v) is 5.41. The van der Waals surface area contributed by atoms with Crippen molar-refractivity contribution in [3.8, 4) is 0 Å². The molecule has 4 heteroatoms. The third-order valence-electron chi connectivity index (χ3n) is 5.41. The van der Waals surface area contributed by atoms with Gasteiger partial charge in [0.15, 0.2) is 0 Å². The molecule has 0 radical (unpaired) electrons. The predicted molar refractivity (Wildman–Crippen MR) is 83.1 cm³/mol. The average molecular weight is 297 g/mol. The second kappa shape index (κ2) is 7.10. The van der Waals surface area contributed by atoms with Crippen molar-refractivity contribution in [2.45, 2.75) is 64.5 Å². The fourth-order valence-corrected chi connectivity index (χ4v) is 3.58. The van der Waals surface area contributed by atoms with Crippen LogP contribution < -0.4 is 5.32 Å². The van der Waals surface area contributed by atoms with Crippen LogP contribution in [0.5, 0.6) is 0 Å². The van der Waals surface area contributed by atoms with E-state index in [9.17, 15) is 4.79 Å². The van der Waals surface area contributed by atoms with Crippen LogP contribution in [0.25, 0.3) is 0 Å². The van der Waals surface area contributed by atoms with Gasteiger partial charge in [-0.2, -0.15) is 0 Å². The van der Waals surface area contributed by atoms with E-state index in [2.05, 4.69) is 19.2 Å². The summed E-state index contributed by atoms with van der Waals surface area (Å²) in [5, 5.41) is 3.37. The Morgan fingerprint density at radius 2 is 1.90 bits per heavy atom. The molecule has 0 aliphatic heterocycles. The van der Waals surface area contributed by atoms with Gasteiger partial charge in [0.25, 0.3) is 0 Å². The Kier molecular flexibility index (Phi) is 5.67. The number of rotatable bonds is 7. The highest BCUT2D eigenvalue weighted by atomic mass is 16.5. The van der Waals surface area contributed by atoms with Gasteiger partial charge in [0.1, 0.15) is 5.54 Å². The van der Waals surface area contributed by atoms with E-state index in [1.54, 1.807) is 0 Å². The fraction of sp³-hybridized carbons (Fsp3) is 0.941. The molecule has 2 rings (SSSR count). The number of methoxy groups -OCH3 is 1. The number of nitrogens with one attached hydrogen (secondary N) is 1. The first-order valence-corrected chi connectivity index (χ1v) is 8.48. The van der Waals surface area contributed by atoms with Crippen LogP contribution in [0.3, 0.4) is 0 Å². The van der Waals surface area contributed by atoms with Crippen LogP contribution in [0.4, 0.5) is 0 Å². The van der Waals surface area contributed by atoms with Crippen LogP contribution in [0.1, 0.15) is 52.9 Å². The van der Waals surface area contributed by atoms with Gasteiger partial charge in [0.05, 0.1) is 19.8 Å². The molecular weight excluding hydrogens is 266 g/mol. The Labute approximate surface area is 129 Å². The predicted octanol–water partition coefficient (Wildman–Crippen LogP) is 2.76. The Hall–Kier alpha value is -0.610. The molecule has 0 spiro atoms. The van der Waals surface area contributed by atoms with Crippen LogP contribution in [-0.4, -0.2) is 37.9 Å². The normalized spacial score (nSPS) is 32.5. The molecule has 2 saturated carbocycles. The van der Waals surface area contributed by atoms with Gasteiger partial charge in [-0.05, 0) is 56.4 Å². The van der Waals surface area contributed by atoms with Crippen molar-refractivity contribution in [3.63, 3.8) is 0 Å². The maximum absolute atomic E-state index is 12.3. The molecule has 2 fully saturated rings. The minimum absolute atomic E-state index is 0.163. The second-order valence-corrected chi connectivity index (χ2v) is 6.97. The molecule has 1 N–H and O–H groups in total. The first-order chi connectivity index (χ1) is 10.0. The number of hydrogen-bond donors (Lipinski definition) is 1. The number of likely N-dealkylation sites (N-methyl/N-ethyl adjacent to an activating group) is 1. The molecule has 4 nitrogen and oxygen atoms in total. The molecule has 4 atom stereocenters. The minimum atomic E-state index is -0.629. The van der Waals surface area contributed by atoms with E-state index in [-0.39, 0.29) is 12.1 Å². The standard InChI is InChI=1S/C17H31NO3/c1-5-18-17(14-7-8-14,16(19)20-4)11-21-15-9-6-12(2)13(3)10-15/h12-15,18H,5-11H2,1-4H3. The van der Waals surface area contributed by atoms with Gasteiger partial charge < -0.3 is 9.47 Å². The number of carbonyl (C=O) groups excluding carboxylic acids is 1. The van der Waals surface area contributed by atoms with Crippen molar-refractivity contribution in [1.82, 2.24) is 5.32 Å². The number of ether oxygens (including phenoxy) is 2. The Morgan fingerprint density at radius 3 is 2.43 bits per heavy atom. The summed E-state index contributed by atoms with van der Waals surface area (Å²) in [6.45, 7) is 7.86. The molecule has 0 aromatic rings. The highest BCUT2D eigenvalue weighted by Gasteiger charge is 2.52. The van der Waals surface area contributed by atoms with E-state index < -0.39 is 5.54 Å². The maximum Gasteiger partial charge on any atom is 0.328 e. The zero-order chi connectivity index (χ0) is 15.5. The summed E-state index contributed by atoms with van der Waals surface area (Å²) in [6.07, 6.45) is 5.90. The van der Waals surface area contributed by atoms with Gasteiger partial charge in [0, 0.05) is 0 Å². The van der Waals surface area contributed by atoms with Gasteiger partial charge in [-0.1, -0.05) is 20.8 Å². The summed E-state index contributed by atoms with van der Waals surface area (Å²) in [5.74, 6) is 1.69. The van der Waals surface area contributed by atoms with Gasteiger partial charge in [0.2, 0.25) is 0 Å². The molecule has 0 aromatic carbocycles.